The van der Waals surface area contributed by atoms with Gasteiger partial charge in [0.15, 0.2) is 0 Å². The van der Waals surface area contributed by atoms with Gasteiger partial charge in [0.05, 0.1) is 12.8 Å². The molecule has 0 atom stereocenters. The Bertz CT molecular complexity index is 652. The Morgan fingerprint density at radius 3 is 2.52 bits per heavy atom. The Balaban J connectivity index is 1.85. The predicted molar refractivity (Wildman–Crippen MR) is 96.0 cm³/mol. The second kappa shape index (κ2) is 9.10. The molecule has 0 heterocycles. The summed E-state index contributed by atoms with van der Waals surface area (Å²) < 4.78 is 6.52. The van der Waals surface area contributed by atoms with E-state index < -0.39 is 0 Å². The van der Waals surface area contributed by atoms with Crippen molar-refractivity contribution in [3.8, 4) is 5.75 Å². The van der Waals surface area contributed by atoms with Crippen LogP contribution in [-0.4, -0.2) is 18.7 Å². The summed E-state index contributed by atoms with van der Waals surface area (Å²) >= 11 is 3.33. The number of rotatable bonds is 7. The van der Waals surface area contributed by atoms with Gasteiger partial charge >= 0.3 is 0 Å². The first-order chi connectivity index (χ1) is 11.2. The SMILES string of the molecule is CCCCOc1ccc(/C=N\NC(=O)c2ccc(Br)cc2)cc1. The zero-order valence-corrected chi connectivity index (χ0v) is 14.5. The quantitative estimate of drug-likeness (QED) is 0.443. The van der Waals surface area contributed by atoms with Gasteiger partial charge in [0, 0.05) is 10.0 Å². The zero-order valence-electron chi connectivity index (χ0n) is 13.0. The van der Waals surface area contributed by atoms with Crippen molar-refractivity contribution in [2.24, 2.45) is 5.10 Å². The molecule has 0 aliphatic heterocycles. The van der Waals surface area contributed by atoms with E-state index >= 15 is 0 Å². The molecule has 2 aromatic rings. The number of unbranched alkanes of at least 4 members (excludes halogenated alkanes) is 1. The normalized spacial score (nSPS) is 10.7. The number of nitrogens with one attached hydrogen (secondary N) is 1. The fourth-order valence-corrected chi connectivity index (χ4v) is 2.08. The first kappa shape index (κ1) is 17.2. The van der Waals surface area contributed by atoms with Crippen LogP contribution < -0.4 is 10.2 Å². The second-order valence-corrected chi connectivity index (χ2v) is 5.89. The second-order valence-electron chi connectivity index (χ2n) is 4.98. The average molecular weight is 375 g/mol. The fourth-order valence-electron chi connectivity index (χ4n) is 1.82. The molecule has 1 N–H and O–H groups in total. The van der Waals surface area contributed by atoms with Gasteiger partial charge in [-0.3, -0.25) is 4.79 Å². The molecule has 5 heteroatoms. The van der Waals surface area contributed by atoms with E-state index in [1.165, 1.54) is 0 Å². The lowest BCUT2D eigenvalue weighted by Crippen LogP contribution is -2.17. The van der Waals surface area contributed by atoms with Gasteiger partial charge in [-0.15, -0.1) is 0 Å². The summed E-state index contributed by atoms with van der Waals surface area (Å²) in [6, 6.07) is 14.7. The van der Waals surface area contributed by atoms with Crippen LogP contribution in [0.3, 0.4) is 0 Å². The van der Waals surface area contributed by atoms with Crippen molar-refractivity contribution in [3.63, 3.8) is 0 Å². The number of hydrazone groups is 1. The highest BCUT2D eigenvalue weighted by atomic mass is 79.9. The summed E-state index contributed by atoms with van der Waals surface area (Å²) in [6.45, 7) is 2.86. The Morgan fingerprint density at radius 2 is 1.87 bits per heavy atom. The summed E-state index contributed by atoms with van der Waals surface area (Å²) in [6.07, 6.45) is 3.76. The Kier molecular flexibility index (Phi) is 6.81. The topological polar surface area (TPSA) is 50.7 Å². The van der Waals surface area contributed by atoms with E-state index in [1.54, 1.807) is 18.3 Å². The Morgan fingerprint density at radius 1 is 1.17 bits per heavy atom. The largest absolute Gasteiger partial charge is 0.494 e. The van der Waals surface area contributed by atoms with Crippen LogP contribution in [0, 0.1) is 0 Å². The molecule has 0 saturated heterocycles. The molecule has 2 rings (SSSR count). The van der Waals surface area contributed by atoms with E-state index in [4.69, 9.17) is 4.74 Å². The summed E-state index contributed by atoms with van der Waals surface area (Å²) in [4.78, 5) is 11.9. The molecular weight excluding hydrogens is 356 g/mol. The van der Waals surface area contributed by atoms with E-state index in [0.29, 0.717) is 5.56 Å². The van der Waals surface area contributed by atoms with Crippen LogP contribution in [0.4, 0.5) is 0 Å². The maximum Gasteiger partial charge on any atom is 0.271 e. The smallest absolute Gasteiger partial charge is 0.271 e. The molecule has 4 nitrogen and oxygen atoms in total. The van der Waals surface area contributed by atoms with Gasteiger partial charge in [-0.2, -0.15) is 5.10 Å². The number of halogens is 1. The molecule has 120 valence electrons. The third kappa shape index (κ3) is 5.87. The minimum Gasteiger partial charge on any atom is -0.494 e. The monoisotopic (exact) mass is 374 g/mol. The Labute approximate surface area is 144 Å². The molecule has 0 unspecified atom stereocenters. The first-order valence-electron chi connectivity index (χ1n) is 7.51. The summed E-state index contributed by atoms with van der Waals surface area (Å²) in [5.41, 5.74) is 3.96. The molecule has 0 bridgehead atoms. The number of carbonyl (C=O) groups excluding carboxylic acids is 1. The number of benzene rings is 2. The molecule has 0 aliphatic carbocycles. The molecule has 0 fully saturated rings. The number of ether oxygens (including phenoxy) is 1. The van der Waals surface area contributed by atoms with Crippen LogP contribution in [0.2, 0.25) is 0 Å². The molecule has 0 saturated carbocycles. The van der Waals surface area contributed by atoms with E-state index in [2.05, 4.69) is 33.4 Å². The number of amides is 1. The summed E-state index contributed by atoms with van der Waals surface area (Å²) in [5.74, 6) is 0.600. The molecule has 0 spiro atoms. The van der Waals surface area contributed by atoms with Crippen LogP contribution in [-0.2, 0) is 0 Å². The van der Waals surface area contributed by atoms with Gasteiger partial charge in [-0.05, 0) is 60.5 Å². The van der Waals surface area contributed by atoms with Crippen molar-refractivity contribution >= 4 is 28.1 Å². The Hall–Kier alpha value is -2.14. The fraction of sp³-hybridized carbons (Fsp3) is 0.222. The average Bonchev–Trinajstić information content (AvgIpc) is 2.57. The number of nitrogens with zero attached hydrogens (tertiary/aromatic N) is 1. The van der Waals surface area contributed by atoms with E-state index in [-0.39, 0.29) is 5.91 Å². The number of hydrogen-bond acceptors (Lipinski definition) is 3. The molecular formula is C18H19BrN2O2. The van der Waals surface area contributed by atoms with E-state index in [1.807, 2.05) is 36.4 Å². The zero-order chi connectivity index (χ0) is 16.5. The van der Waals surface area contributed by atoms with Gasteiger partial charge in [-0.25, -0.2) is 5.43 Å². The summed E-state index contributed by atoms with van der Waals surface area (Å²) in [7, 11) is 0. The highest BCUT2D eigenvalue weighted by Crippen LogP contribution is 2.12. The lowest BCUT2D eigenvalue weighted by Gasteiger charge is -2.05. The van der Waals surface area contributed by atoms with E-state index in [9.17, 15) is 4.79 Å². The van der Waals surface area contributed by atoms with Gasteiger partial charge in [0.1, 0.15) is 5.75 Å². The van der Waals surface area contributed by atoms with Gasteiger partial charge in [0.25, 0.3) is 5.91 Å². The maximum absolute atomic E-state index is 11.9. The highest BCUT2D eigenvalue weighted by molar-refractivity contribution is 9.10. The minimum atomic E-state index is -0.242. The van der Waals surface area contributed by atoms with Crippen LogP contribution >= 0.6 is 15.9 Å². The number of hydrogen-bond donors (Lipinski definition) is 1. The predicted octanol–water partition coefficient (Wildman–Crippen LogP) is 4.39. The van der Waals surface area contributed by atoms with E-state index in [0.717, 1.165) is 35.2 Å². The van der Waals surface area contributed by atoms with Crippen LogP contribution in [0.5, 0.6) is 5.75 Å². The number of carbonyl (C=O) groups is 1. The first-order valence-corrected chi connectivity index (χ1v) is 8.30. The van der Waals surface area contributed by atoms with Crippen molar-refractivity contribution in [2.75, 3.05) is 6.61 Å². The highest BCUT2D eigenvalue weighted by Gasteiger charge is 2.02. The third-order valence-electron chi connectivity index (χ3n) is 3.13. The minimum absolute atomic E-state index is 0.242. The lowest BCUT2D eigenvalue weighted by molar-refractivity contribution is 0.0955. The van der Waals surface area contributed by atoms with Crippen molar-refractivity contribution in [1.82, 2.24) is 5.43 Å². The van der Waals surface area contributed by atoms with Gasteiger partial charge in [0.2, 0.25) is 0 Å². The third-order valence-corrected chi connectivity index (χ3v) is 3.66. The van der Waals surface area contributed by atoms with Crippen LogP contribution in [0.25, 0.3) is 0 Å². The molecule has 1 amide bonds. The molecule has 2 aromatic carbocycles. The van der Waals surface area contributed by atoms with Crippen molar-refractivity contribution in [3.05, 3.63) is 64.1 Å². The molecule has 0 aromatic heterocycles. The lowest BCUT2D eigenvalue weighted by atomic mass is 10.2. The van der Waals surface area contributed by atoms with Crippen molar-refractivity contribution < 1.29 is 9.53 Å². The molecule has 23 heavy (non-hydrogen) atoms. The summed E-state index contributed by atoms with van der Waals surface area (Å²) in [5, 5.41) is 3.97. The van der Waals surface area contributed by atoms with Gasteiger partial charge in [-0.1, -0.05) is 29.3 Å². The maximum atomic E-state index is 11.9. The van der Waals surface area contributed by atoms with Crippen LogP contribution in [0.15, 0.2) is 58.1 Å². The van der Waals surface area contributed by atoms with Gasteiger partial charge < -0.3 is 4.74 Å². The standard InChI is InChI=1S/C18H19BrN2O2/c1-2-3-12-23-17-10-4-14(5-11-17)13-20-21-18(22)15-6-8-16(19)9-7-15/h4-11,13H,2-3,12H2,1H3,(H,21,22)/b20-13-. The van der Waals surface area contributed by atoms with Crippen LogP contribution in [0.1, 0.15) is 35.7 Å². The van der Waals surface area contributed by atoms with Crippen molar-refractivity contribution in [2.45, 2.75) is 19.8 Å². The van der Waals surface area contributed by atoms with Crippen molar-refractivity contribution in [1.29, 1.82) is 0 Å². The molecule has 0 radical (unpaired) electrons. The molecule has 0 aliphatic rings.